The normalized spacial score (nSPS) is 13.4. The van der Waals surface area contributed by atoms with Crippen LogP contribution in [0.5, 0.6) is 0 Å². The van der Waals surface area contributed by atoms with Gasteiger partial charge in [0, 0.05) is 17.1 Å². The third-order valence-corrected chi connectivity index (χ3v) is 8.78. The standard InChI is InChI=1S/C29H29N3O4S2/c1-36-28(35)25-21-14-7-2-3-8-16-23(21)38-26(25)31-24(33)17-18-37-29-30-22-15-10-9-13-20(22)27(34)32(29)19-11-5-4-6-12-19/h4-6,9-13,15H,2-3,7-8,14,16-18H2,1H3,(H,31,33). The van der Waals surface area contributed by atoms with E-state index >= 15 is 0 Å². The number of esters is 1. The highest BCUT2D eigenvalue weighted by molar-refractivity contribution is 7.99. The fraction of sp³-hybridized carbons (Fsp3) is 0.310. The van der Waals surface area contributed by atoms with Crippen molar-refractivity contribution in [1.82, 2.24) is 9.55 Å². The van der Waals surface area contributed by atoms with E-state index in [2.05, 4.69) is 5.32 Å². The van der Waals surface area contributed by atoms with Gasteiger partial charge < -0.3 is 10.1 Å². The number of hydrogen-bond acceptors (Lipinski definition) is 7. The SMILES string of the molecule is COC(=O)c1c(NC(=O)CCSc2nc3ccccc3c(=O)n2-c2ccccc2)sc2c1CCCCCC2. The number of amides is 1. The fourth-order valence-corrected chi connectivity index (χ4v) is 7.01. The van der Waals surface area contributed by atoms with Gasteiger partial charge in [-0.15, -0.1) is 11.3 Å². The number of ether oxygens (including phenoxy) is 1. The molecule has 0 saturated heterocycles. The maximum atomic E-state index is 13.4. The minimum atomic E-state index is -0.403. The second kappa shape index (κ2) is 12.0. The summed E-state index contributed by atoms with van der Waals surface area (Å²) in [5, 5.41) is 4.62. The molecular formula is C29H29N3O4S2. The number of carbonyl (C=O) groups excluding carboxylic acids is 2. The summed E-state index contributed by atoms with van der Waals surface area (Å²) in [6.07, 6.45) is 6.38. The van der Waals surface area contributed by atoms with Crippen LogP contribution in [0.15, 0.2) is 64.5 Å². The number of thiophene rings is 1. The van der Waals surface area contributed by atoms with Gasteiger partial charge in [-0.05, 0) is 55.5 Å². The smallest absolute Gasteiger partial charge is 0.341 e. The number of carbonyl (C=O) groups is 2. The van der Waals surface area contributed by atoms with Gasteiger partial charge in [-0.25, -0.2) is 9.78 Å². The predicted octanol–water partition coefficient (Wildman–Crippen LogP) is 6.01. The van der Waals surface area contributed by atoms with Gasteiger partial charge in [0.25, 0.3) is 5.56 Å². The van der Waals surface area contributed by atoms with Crippen LogP contribution >= 0.6 is 23.1 Å². The van der Waals surface area contributed by atoms with E-state index in [1.165, 1.54) is 41.5 Å². The van der Waals surface area contributed by atoms with Gasteiger partial charge in [0.2, 0.25) is 5.91 Å². The number of nitrogens with one attached hydrogen (secondary N) is 1. The van der Waals surface area contributed by atoms with E-state index in [-0.39, 0.29) is 17.9 Å². The van der Waals surface area contributed by atoms with E-state index in [4.69, 9.17) is 9.72 Å². The maximum Gasteiger partial charge on any atom is 0.341 e. The van der Waals surface area contributed by atoms with Crippen molar-refractivity contribution in [3.05, 3.63) is 81.0 Å². The largest absolute Gasteiger partial charge is 0.465 e. The average Bonchev–Trinajstić information content (AvgIpc) is 3.24. The quantitative estimate of drug-likeness (QED) is 0.173. The van der Waals surface area contributed by atoms with Crippen LogP contribution < -0.4 is 10.9 Å². The van der Waals surface area contributed by atoms with E-state index in [1.54, 1.807) is 10.6 Å². The van der Waals surface area contributed by atoms with Crippen molar-refractivity contribution in [2.24, 2.45) is 0 Å². The molecule has 7 nitrogen and oxygen atoms in total. The lowest BCUT2D eigenvalue weighted by Crippen LogP contribution is -2.22. The zero-order chi connectivity index (χ0) is 26.5. The summed E-state index contributed by atoms with van der Waals surface area (Å²) in [6, 6.07) is 16.7. The van der Waals surface area contributed by atoms with Gasteiger partial charge in [-0.1, -0.05) is 54.9 Å². The summed E-state index contributed by atoms with van der Waals surface area (Å²) < 4.78 is 6.66. The predicted molar refractivity (Wildman–Crippen MR) is 153 cm³/mol. The van der Waals surface area contributed by atoms with Crippen LogP contribution in [0.4, 0.5) is 5.00 Å². The molecule has 4 aromatic rings. The molecule has 9 heteroatoms. The van der Waals surface area contributed by atoms with Crippen LogP contribution in [-0.2, 0) is 22.4 Å². The highest BCUT2D eigenvalue weighted by Gasteiger charge is 2.26. The van der Waals surface area contributed by atoms with Crippen molar-refractivity contribution in [2.75, 3.05) is 18.2 Å². The van der Waals surface area contributed by atoms with E-state index in [9.17, 15) is 14.4 Å². The fourth-order valence-electron chi connectivity index (χ4n) is 4.76. The van der Waals surface area contributed by atoms with Gasteiger partial charge in [0.05, 0.1) is 29.3 Å². The van der Waals surface area contributed by atoms with Crippen molar-refractivity contribution in [3.8, 4) is 5.69 Å². The zero-order valence-electron chi connectivity index (χ0n) is 21.2. The summed E-state index contributed by atoms with van der Waals surface area (Å²) in [5.74, 6) is -0.173. The first-order valence-electron chi connectivity index (χ1n) is 12.8. The van der Waals surface area contributed by atoms with Crippen LogP contribution in [0.25, 0.3) is 16.6 Å². The van der Waals surface area contributed by atoms with Crippen molar-refractivity contribution in [3.63, 3.8) is 0 Å². The van der Waals surface area contributed by atoms with Crippen molar-refractivity contribution >= 4 is 50.9 Å². The second-order valence-electron chi connectivity index (χ2n) is 9.15. The number of benzene rings is 2. The molecule has 1 amide bonds. The molecule has 0 aliphatic heterocycles. The van der Waals surface area contributed by atoms with Gasteiger partial charge in [-0.3, -0.25) is 14.2 Å². The molecule has 0 saturated carbocycles. The van der Waals surface area contributed by atoms with E-state index < -0.39 is 5.97 Å². The van der Waals surface area contributed by atoms with Crippen LogP contribution in [-0.4, -0.2) is 34.3 Å². The summed E-state index contributed by atoms with van der Waals surface area (Å²) >= 11 is 2.85. The monoisotopic (exact) mass is 547 g/mol. The molecule has 0 spiro atoms. The third-order valence-electron chi connectivity index (χ3n) is 6.63. The van der Waals surface area contributed by atoms with Crippen LogP contribution in [0.1, 0.15) is 52.9 Å². The molecule has 1 aliphatic rings. The van der Waals surface area contributed by atoms with Crippen molar-refractivity contribution < 1.29 is 14.3 Å². The highest BCUT2D eigenvalue weighted by Crippen LogP contribution is 2.37. The summed E-state index contributed by atoms with van der Waals surface area (Å²) in [7, 11) is 1.38. The molecule has 0 fully saturated rings. The highest BCUT2D eigenvalue weighted by atomic mass is 32.2. The number of thioether (sulfide) groups is 1. The Labute approximate surface area is 229 Å². The molecule has 38 heavy (non-hydrogen) atoms. The Kier molecular flexibility index (Phi) is 8.24. The summed E-state index contributed by atoms with van der Waals surface area (Å²) in [5.41, 5.74) is 2.73. The molecule has 1 aliphatic carbocycles. The lowest BCUT2D eigenvalue weighted by atomic mass is 9.96. The molecule has 5 rings (SSSR count). The lowest BCUT2D eigenvalue weighted by Gasteiger charge is -2.13. The molecular weight excluding hydrogens is 518 g/mol. The number of para-hydroxylation sites is 2. The first-order chi connectivity index (χ1) is 18.6. The van der Waals surface area contributed by atoms with Gasteiger partial charge in [0.1, 0.15) is 5.00 Å². The van der Waals surface area contributed by atoms with Crippen molar-refractivity contribution in [1.29, 1.82) is 0 Å². The minimum absolute atomic E-state index is 0.146. The van der Waals surface area contributed by atoms with Gasteiger partial charge in [0.15, 0.2) is 5.16 Å². The number of anilines is 1. The average molecular weight is 548 g/mol. The molecule has 1 N–H and O–H groups in total. The number of hydrogen-bond donors (Lipinski definition) is 1. The van der Waals surface area contributed by atoms with E-state index in [0.29, 0.717) is 32.4 Å². The Morgan fingerprint density at radius 1 is 1.03 bits per heavy atom. The number of fused-ring (bicyclic) bond motifs is 2. The third kappa shape index (κ3) is 5.54. The molecule has 0 unspecified atom stereocenters. The summed E-state index contributed by atoms with van der Waals surface area (Å²) in [6.45, 7) is 0. The first kappa shape index (κ1) is 26.2. The lowest BCUT2D eigenvalue weighted by molar-refractivity contribution is -0.115. The van der Waals surface area contributed by atoms with Crippen LogP contribution in [0, 0.1) is 0 Å². The first-order valence-corrected chi connectivity index (χ1v) is 14.6. The summed E-state index contributed by atoms with van der Waals surface area (Å²) in [4.78, 5) is 44.9. The topological polar surface area (TPSA) is 90.3 Å². The molecule has 2 aromatic carbocycles. The maximum absolute atomic E-state index is 13.4. The van der Waals surface area contributed by atoms with Crippen LogP contribution in [0.2, 0.25) is 0 Å². The molecule has 196 valence electrons. The number of nitrogens with zero attached hydrogens (tertiary/aromatic N) is 2. The molecule has 0 atom stereocenters. The number of methoxy groups -OCH3 is 1. The Bertz CT molecular complexity index is 1530. The van der Waals surface area contributed by atoms with Crippen LogP contribution in [0.3, 0.4) is 0 Å². The number of aromatic nitrogens is 2. The van der Waals surface area contributed by atoms with Crippen molar-refractivity contribution in [2.45, 2.75) is 50.1 Å². The zero-order valence-corrected chi connectivity index (χ0v) is 22.8. The minimum Gasteiger partial charge on any atom is -0.465 e. The Morgan fingerprint density at radius 3 is 2.55 bits per heavy atom. The molecule has 2 aromatic heterocycles. The second-order valence-corrected chi connectivity index (χ2v) is 11.3. The Morgan fingerprint density at radius 2 is 1.76 bits per heavy atom. The van der Waals surface area contributed by atoms with Gasteiger partial charge >= 0.3 is 5.97 Å². The molecule has 0 radical (unpaired) electrons. The van der Waals surface area contributed by atoms with Gasteiger partial charge in [-0.2, -0.15) is 0 Å². The van der Waals surface area contributed by atoms with E-state index in [1.807, 2.05) is 48.5 Å². The Balaban J connectivity index is 1.35. The van der Waals surface area contributed by atoms with E-state index in [0.717, 1.165) is 43.4 Å². The molecule has 0 bridgehead atoms. The molecule has 2 heterocycles. The Hall–Kier alpha value is -3.43. The number of rotatable bonds is 7. The number of aryl methyl sites for hydroxylation is 1.